The van der Waals surface area contributed by atoms with Crippen LogP contribution in [0.25, 0.3) is 27.5 Å². The molecule has 0 aliphatic rings. The summed E-state index contributed by atoms with van der Waals surface area (Å²) in [5.41, 5.74) is 6.50. The first-order valence-corrected chi connectivity index (χ1v) is 13.3. The van der Waals surface area contributed by atoms with Crippen molar-refractivity contribution in [1.29, 1.82) is 0 Å². The van der Waals surface area contributed by atoms with Crippen LogP contribution in [0.5, 0.6) is 0 Å². The zero-order chi connectivity index (χ0) is 22.9. The van der Waals surface area contributed by atoms with Crippen molar-refractivity contribution in [3.05, 3.63) is 83.8 Å². The molecule has 0 fully saturated rings. The van der Waals surface area contributed by atoms with Crippen molar-refractivity contribution < 1.29 is 0 Å². The van der Waals surface area contributed by atoms with E-state index in [2.05, 4.69) is 101 Å². The third-order valence-corrected chi connectivity index (χ3v) is 6.72. The third kappa shape index (κ3) is 4.01. The van der Waals surface area contributed by atoms with Crippen molar-refractivity contribution in [2.45, 2.75) is 26.4 Å². The molecule has 33 heavy (non-hydrogen) atoms. The zero-order valence-corrected chi connectivity index (χ0v) is 20.1. The number of hydrogen-bond donors (Lipinski definition) is 1. The van der Waals surface area contributed by atoms with Crippen molar-refractivity contribution in [1.82, 2.24) is 19.7 Å². The van der Waals surface area contributed by atoms with Gasteiger partial charge < -0.3 is 5.32 Å². The summed E-state index contributed by atoms with van der Waals surface area (Å²) in [5.74, 6) is 1.73. The number of para-hydroxylation sites is 1. The van der Waals surface area contributed by atoms with Crippen LogP contribution in [0.2, 0.25) is 0 Å². The Labute approximate surface area is 194 Å². The predicted molar refractivity (Wildman–Crippen MR) is 142 cm³/mol. The van der Waals surface area contributed by atoms with Crippen LogP contribution in [-0.2, 0) is 12.6 Å². The molecule has 0 radical (unpaired) electrons. The van der Waals surface area contributed by atoms with Gasteiger partial charge in [-0.05, 0) is 43.2 Å². The molecule has 0 saturated heterocycles. The van der Waals surface area contributed by atoms with E-state index in [0.717, 1.165) is 57.4 Å². The molecular weight excluding hydrogens is 425 g/mol. The molecule has 5 aromatic rings. The minimum absolute atomic E-state index is 0.335. The molecule has 0 aliphatic carbocycles. The minimum atomic E-state index is -0.335. The summed E-state index contributed by atoms with van der Waals surface area (Å²) in [7, 11) is -0.335. The van der Waals surface area contributed by atoms with Crippen molar-refractivity contribution >= 4 is 47.2 Å². The lowest BCUT2D eigenvalue weighted by molar-refractivity contribution is 0.969. The second kappa shape index (κ2) is 8.76. The molecular formula is C27H27N5P+. The summed E-state index contributed by atoms with van der Waals surface area (Å²) in [6, 6.07) is 23.1. The van der Waals surface area contributed by atoms with Gasteiger partial charge in [-0.2, -0.15) is 0 Å². The summed E-state index contributed by atoms with van der Waals surface area (Å²) < 4.78 is 2.24. The van der Waals surface area contributed by atoms with Gasteiger partial charge in [-0.1, -0.05) is 49.4 Å². The van der Waals surface area contributed by atoms with Crippen molar-refractivity contribution in [2.75, 3.05) is 12.0 Å². The molecule has 2 aromatic heterocycles. The van der Waals surface area contributed by atoms with Gasteiger partial charge in [0.15, 0.2) is 5.82 Å². The largest absolute Gasteiger partial charge is 0.338 e. The van der Waals surface area contributed by atoms with E-state index in [0.29, 0.717) is 0 Å². The number of nitrogens with zero attached hydrogens (tertiary/aromatic N) is 4. The lowest BCUT2D eigenvalue weighted by Gasteiger charge is -2.12. The molecule has 5 nitrogen and oxygen atoms in total. The summed E-state index contributed by atoms with van der Waals surface area (Å²) in [4.78, 5) is 4.86. The molecule has 1 atom stereocenters. The number of benzene rings is 3. The van der Waals surface area contributed by atoms with E-state index in [9.17, 15) is 0 Å². The van der Waals surface area contributed by atoms with E-state index in [1.54, 1.807) is 0 Å². The van der Waals surface area contributed by atoms with Gasteiger partial charge in [0, 0.05) is 16.5 Å². The number of aryl methyl sites for hydroxylation is 2. The van der Waals surface area contributed by atoms with Crippen molar-refractivity contribution in [3.8, 4) is 5.69 Å². The third-order valence-electron chi connectivity index (χ3n) is 5.88. The highest BCUT2D eigenvalue weighted by atomic mass is 31.1. The minimum Gasteiger partial charge on any atom is -0.338 e. The fraction of sp³-hybridized carbons (Fsp3) is 0.185. The van der Waals surface area contributed by atoms with Crippen LogP contribution in [-0.4, -0.2) is 32.7 Å². The number of aromatic nitrogens is 4. The number of hydrogen-bond acceptors (Lipinski definition) is 4. The van der Waals surface area contributed by atoms with Crippen LogP contribution in [0.3, 0.4) is 0 Å². The van der Waals surface area contributed by atoms with Gasteiger partial charge >= 0.3 is 0 Å². The SMILES string of the molecule is C=[P+](C)Cc1nnc(Nc2ccc3c(c2)nc(C)n3-c2ccccc2CC)c2ccccc12. The molecule has 1 N–H and O–H groups in total. The van der Waals surface area contributed by atoms with E-state index in [-0.39, 0.29) is 7.55 Å². The first-order valence-electron chi connectivity index (χ1n) is 11.2. The van der Waals surface area contributed by atoms with Crippen LogP contribution in [0.1, 0.15) is 24.0 Å². The number of fused-ring (bicyclic) bond motifs is 2. The quantitative estimate of drug-likeness (QED) is 0.294. The smallest absolute Gasteiger partial charge is 0.160 e. The maximum Gasteiger partial charge on any atom is 0.160 e. The lowest BCUT2D eigenvalue weighted by atomic mass is 10.1. The molecule has 6 heteroatoms. The normalized spacial score (nSPS) is 11.8. The van der Waals surface area contributed by atoms with Gasteiger partial charge in [-0.15, -0.1) is 10.2 Å². The van der Waals surface area contributed by atoms with Crippen molar-refractivity contribution in [2.24, 2.45) is 0 Å². The zero-order valence-electron chi connectivity index (χ0n) is 19.2. The molecule has 164 valence electrons. The first-order chi connectivity index (χ1) is 16.0. The summed E-state index contributed by atoms with van der Waals surface area (Å²) in [6.45, 7) is 6.40. The van der Waals surface area contributed by atoms with Gasteiger partial charge in [-0.25, -0.2) is 4.98 Å². The number of nitrogens with one attached hydrogen (secondary N) is 1. The molecule has 0 spiro atoms. The lowest BCUT2D eigenvalue weighted by Crippen LogP contribution is -2.01. The van der Waals surface area contributed by atoms with E-state index < -0.39 is 0 Å². The average Bonchev–Trinajstić information content (AvgIpc) is 3.15. The monoisotopic (exact) mass is 452 g/mol. The maximum atomic E-state index is 4.86. The second-order valence-electron chi connectivity index (χ2n) is 8.36. The molecule has 5 rings (SSSR count). The topological polar surface area (TPSA) is 55.6 Å². The fourth-order valence-corrected chi connectivity index (χ4v) is 5.12. The Bertz CT molecular complexity index is 1500. The average molecular weight is 453 g/mol. The highest BCUT2D eigenvalue weighted by Gasteiger charge is 2.15. The Balaban J connectivity index is 1.55. The highest BCUT2D eigenvalue weighted by molar-refractivity contribution is 7.54. The van der Waals surface area contributed by atoms with Crippen LogP contribution in [0.15, 0.2) is 66.7 Å². The van der Waals surface area contributed by atoms with E-state index >= 15 is 0 Å². The Kier molecular flexibility index (Phi) is 5.65. The van der Waals surface area contributed by atoms with Crippen LogP contribution in [0.4, 0.5) is 11.5 Å². The van der Waals surface area contributed by atoms with Crippen molar-refractivity contribution in [3.63, 3.8) is 0 Å². The predicted octanol–water partition coefficient (Wildman–Crippen LogP) is 6.63. The number of anilines is 2. The molecule has 1 unspecified atom stereocenters. The molecule has 3 aromatic carbocycles. The molecule has 0 saturated carbocycles. The first kappa shape index (κ1) is 21.3. The van der Waals surface area contributed by atoms with Crippen LogP contribution < -0.4 is 5.32 Å². The van der Waals surface area contributed by atoms with Gasteiger partial charge in [0.1, 0.15) is 17.7 Å². The summed E-state index contributed by atoms with van der Waals surface area (Å²) in [6.07, 6.45) is 6.02. The summed E-state index contributed by atoms with van der Waals surface area (Å²) >= 11 is 0. The van der Waals surface area contributed by atoms with Gasteiger partial charge in [-0.3, -0.25) is 4.57 Å². The number of rotatable bonds is 6. The van der Waals surface area contributed by atoms with Crippen LogP contribution in [0, 0.1) is 6.92 Å². The van der Waals surface area contributed by atoms with Gasteiger partial charge in [0.25, 0.3) is 0 Å². The fourth-order valence-electron chi connectivity index (χ4n) is 4.37. The summed E-state index contributed by atoms with van der Waals surface area (Å²) in [5, 5.41) is 14.7. The van der Waals surface area contributed by atoms with E-state index in [4.69, 9.17) is 4.98 Å². The Morgan fingerprint density at radius 2 is 1.73 bits per heavy atom. The Morgan fingerprint density at radius 1 is 0.970 bits per heavy atom. The molecule has 2 heterocycles. The maximum absolute atomic E-state index is 4.86. The van der Waals surface area contributed by atoms with E-state index in [1.165, 1.54) is 11.3 Å². The molecule has 0 amide bonds. The Morgan fingerprint density at radius 3 is 2.52 bits per heavy atom. The molecule has 0 bridgehead atoms. The number of imidazole rings is 1. The van der Waals surface area contributed by atoms with Crippen LogP contribution >= 0.6 is 7.55 Å². The highest BCUT2D eigenvalue weighted by Crippen LogP contribution is 2.31. The Hall–Kier alpha value is -3.56. The molecule has 0 aliphatic heterocycles. The second-order valence-corrected chi connectivity index (χ2v) is 10.4. The van der Waals surface area contributed by atoms with E-state index in [1.807, 2.05) is 12.1 Å². The van der Waals surface area contributed by atoms with Gasteiger partial charge in [0.2, 0.25) is 0 Å². The standard InChI is InChI=1S/C27H27N5P/c1-5-19-10-6-9-13-25(19)32-18(2)28-23-16-20(14-15-26(23)32)29-27-22-12-8-7-11-21(22)24(30-31-27)17-33(3)4/h6-16H,3,5,17H2,1-2,4H3,(H,29,31)/q+1. The van der Waals surface area contributed by atoms with Gasteiger partial charge in [0.05, 0.1) is 37.2 Å².